The lowest BCUT2D eigenvalue weighted by Gasteiger charge is -2.31. The Balaban J connectivity index is 1.57. The van der Waals surface area contributed by atoms with Crippen molar-refractivity contribution in [1.29, 1.82) is 0 Å². The van der Waals surface area contributed by atoms with Crippen LogP contribution >= 0.6 is 0 Å². The fourth-order valence-corrected chi connectivity index (χ4v) is 4.12. The topological polar surface area (TPSA) is 49.4 Å². The molecule has 1 unspecified atom stereocenters. The highest BCUT2D eigenvalue weighted by atomic mass is 32.2. The van der Waals surface area contributed by atoms with Crippen molar-refractivity contribution in [3.8, 4) is 0 Å². The zero-order valence-corrected chi connectivity index (χ0v) is 10.9. The summed E-state index contributed by atoms with van der Waals surface area (Å²) in [5.41, 5.74) is 0. The van der Waals surface area contributed by atoms with Gasteiger partial charge in [-0.25, -0.2) is 0 Å². The molecule has 0 aromatic rings. The van der Waals surface area contributed by atoms with Gasteiger partial charge in [-0.2, -0.15) is 0 Å². The molecule has 3 fully saturated rings. The molecule has 3 aliphatic rings. The molecule has 17 heavy (non-hydrogen) atoms. The highest BCUT2D eigenvalue weighted by molar-refractivity contribution is 7.85. The van der Waals surface area contributed by atoms with Crippen LogP contribution in [-0.4, -0.2) is 51.2 Å². The van der Waals surface area contributed by atoms with Gasteiger partial charge in [-0.15, -0.1) is 0 Å². The van der Waals surface area contributed by atoms with Crippen LogP contribution in [0.1, 0.15) is 32.1 Å². The van der Waals surface area contributed by atoms with Gasteiger partial charge in [0.2, 0.25) is 5.91 Å². The summed E-state index contributed by atoms with van der Waals surface area (Å²) in [4.78, 5) is 14.3. The first-order chi connectivity index (χ1) is 8.24. The first-order valence-corrected chi connectivity index (χ1v) is 8.14. The number of nitrogens with one attached hydrogen (secondary N) is 1. The Labute approximate surface area is 105 Å². The van der Waals surface area contributed by atoms with E-state index < -0.39 is 10.8 Å². The van der Waals surface area contributed by atoms with Crippen LogP contribution in [0.25, 0.3) is 0 Å². The standard InChI is InChI=1S/C12H20N2O2S/c15-12-11(13-9-1-2-9)3-6-14(12)10-4-7-17(16)8-5-10/h9-11,13H,1-8H2. The quantitative estimate of drug-likeness (QED) is 0.787. The Morgan fingerprint density at radius 1 is 1.12 bits per heavy atom. The highest BCUT2D eigenvalue weighted by Gasteiger charge is 2.39. The molecule has 1 aliphatic carbocycles. The zero-order chi connectivity index (χ0) is 11.8. The number of carbonyl (C=O) groups excluding carboxylic acids is 1. The van der Waals surface area contributed by atoms with Crippen molar-refractivity contribution in [2.24, 2.45) is 0 Å². The van der Waals surface area contributed by atoms with E-state index in [1.165, 1.54) is 12.8 Å². The lowest BCUT2D eigenvalue weighted by atomic mass is 10.1. The van der Waals surface area contributed by atoms with Crippen molar-refractivity contribution in [1.82, 2.24) is 10.2 Å². The fraction of sp³-hybridized carbons (Fsp3) is 0.917. The maximum Gasteiger partial charge on any atom is 0.240 e. The van der Waals surface area contributed by atoms with Gasteiger partial charge in [0.15, 0.2) is 0 Å². The molecule has 0 aromatic carbocycles. The van der Waals surface area contributed by atoms with Crippen molar-refractivity contribution in [3.63, 3.8) is 0 Å². The molecule has 5 heteroatoms. The van der Waals surface area contributed by atoms with Crippen LogP contribution in [0.5, 0.6) is 0 Å². The van der Waals surface area contributed by atoms with E-state index in [9.17, 15) is 9.00 Å². The fourth-order valence-electron chi connectivity index (χ4n) is 2.85. The summed E-state index contributed by atoms with van der Waals surface area (Å²) in [5, 5.41) is 3.43. The van der Waals surface area contributed by atoms with Crippen molar-refractivity contribution < 1.29 is 9.00 Å². The number of rotatable bonds is 3. The average Bonchev–Trinajstić information content (AvgIpc) is 3.07. The van der Waals surface area contributed by atoms with Crippen molar-refractivity contribution >= 4 is 16.7 Å². The van der Waals surface area contributed by atoms with Gasteiger partial charge in [-0.3, -0.25) is 9.00 Å². The van der Waals surface area contributed by atoms with E-state index in [0.717, 1.165) is 37.3 Å². The lowest BCUT2D eigenvalue weighted by Crippen LogP contribution is -2.45. The molecule has 96 valence electrons. The zero-order valence-electron chi connectivity index (χ0n) is 10.1. The van der Waals surface area contributed by atoms with Crippen LogP contribution in [0.3, 0.4) is 0 Å². The molecule has 3 rings (SSSR count). The van der Waals surface area contributed by atoms with Gasteiger partial charge in [0.25, 0.3) is 0 Å². The third-order valence-corrected chi connectivity index (χ3v) is 5.43. The Kier molecular flexibility index (Phi) is 3.21. The van der Waals surface area contributed by atoms with E-state index >= 15 is 0 Å². The summed E-state index contributed by atoms with van der Waals surface area (Å²) in [7, 11) is -0.634. The second-order valence-electron chi connectivity index (χ2n) is 5.39. The molecule has 2 heterocycles. The first kappa shape index (κ1) is 11.7. The maximum atomic E-state index is 12.2. The minimum atomic E-state index is -0.634. The van der Waals surface area contributed by atoms with Gasteiger partial charge in [0.1, 0.15) is 0 Å². The molecule has 1 N–H and O–H groups in total. The van der Waals surface area contributed by atoms with E-state index in [0.29, 0.717) is 12.1 Å². The van der Waals surface area contributed by atoms with Gasteiger partial charge in [0.05, 0.1) is 6.04 Å². The monoisotopic (exact) mass is 256 g/mol. The number of amides is 1. The van der Waals surface area contributed by atoms with Gasteiger partial charge in [-0.1, -0.05) is 0 Å². The Bertz CT molecular complexity index is 333. The van der Waals surface area contributed by atoms with Crippen molar-refractivity contribution in [2.75, 3.05) is 18.1 Å². The van der Waals surface area contributed by atoms with Gasteiger partial charge in [0, 0.05) is 40.9 Å². The maximum absolute atomic E-state index is 12.2. The van der Waals surface area contributed by atoms with E-state index in [2.05, 4.69) is 5.32 Å². The minimum Gasteiger partial charge on any atom is -0.338 e. The third kappa shape index (κ3) is 2.55. The highest BCUT2D eigenvalue weighted by Crippen LogP contribution is 2.25. The first-order valence-electron chi connectivity index (χ1n) is 6.65. The molecule has 0 aromatic heterocycles. The number of nitrogens with zero attached hydrogens (tertiary/aromatic N) is 1. The molecule has 1 saturated carbocycles. The smallest absolute Gasteiger partial charge is 0.240 e. The summed E-state index contributed by atoms with van der Waals surface area (Å²) in [6.45, 7) is 0.889. The summed E-state index contributed by atoms with van der Waals surface area (Å²) in [5.74, 6) is 1.83. The van der Waals surface area contributed by atoms with Gasteiger partial charge in [-0.05, 0) is 32.1 Å². The van der Waals surface area contributed by atoms with Crippen LogP contribution in [-0.2, 0) is 15.6 Å². The second-order valence-corrected chi connectivity index (χ2v) is 7.09. The number of hydrogen-bond acceptors (Lipinski definition) is 3. The third-order valence-electron chi connectivity index (χ3n) is 4.05. The number of hydrogen-bond donors (Lipinski definition) is 1. The van der Waals surface area contributed by atoms with E-state index in [-0.39, 0.29) is 11.9 Å². The van der Waals surface area contributed by atoms with Gasteiger partial charge >= 0.3 is 0 Å². The predicted octanol–water partition coefficient (Wildman–Crippen LogP) is 0.250. The molecule has 0 spiro atoms. The summed E-state index contributed by atoms with van der Waals surface area (Å²) in [6, 6.07) is 1.02. The molecular formula is C12H20N2O2S. The molecule has 2 aliphatic heterocycles. The van der Waals surface area contributed by atoms with Crippen molar-refractivity contribution in [2.45, 2.75) is 50.2 Å². The Morgan fingerprint density at radius 2 is 1.82 bits per heavy atom. The van der Waals surface area contributed by atoms with E-state index in [4.69, 9.17) is 0 Å². The number of carbonyl (C=O) groups is 1. The van der Waals surface area contributed by atoms with Crippen LogP contribution in [0.15, 0.2) is 0 Å². The summed E-state index contributed by atoms with van der Waals surface area (Å²) >= 11 is 0. The minimum absolute atomic E-state index is 0.0647. The van der Waals surface area contributed by atoms with Gasteiger partial charge < -0.3 is 10.2 Å². The largest absolute Gasteiger partial charge is 0.338 e. The molecule has 0 bridgehead atoms. The van der Waals surface area contributed by atoms with Crippen LogP contribution < -0.4 is 5.32 Å². The Morgan fingerprint density at radius 3 is 2.47 bits per heavy atom. The number of likely N-dealkylation sites (tertiary alicyclic amines) is 1. The molecule has 0 radical (unpaired) electrons. The summed E-state index contributed by atoms with van der Waals surface area (Å²) in [6.07, 6.45) is 5.26. The second kappa shape index (κ2) is 4.69. The predicted molar refractivity (Wildman–Crippen MR) is 67.2 cm³/mol. The van der Waals surface area contributed by atoms with E-state index in [1.54, 1.807) is 0 Å². The lowest BCUT2D eigenvalue weighted by molar-refractivity contribution is -0.131. The normalized spacial score (nSPS) is 38.7. The van der Waals surface area contributed by atoms with Crippen LogP contribution in [0, 0.1) is 0 Å². The van der Waals surface area contributed by atoms with Crippen molar-refractivity contribution in [3.05, 3.63) is 0 Å². The van der Waals surface area contributed by atoms with E-state index in [1.807, 2.05) is 4.90 Å². The van der Waals surface area contributed by atoms with Crippen LogP contribution in [0.2, 0.25) is 0 Å². The average molecular weight is 256 g/mol. The summed E-state index contributed by atoms with van der Waals surface area (Å²) < 4.78 is 11.3. The molecule has 1 atom stereocenters. The van der Waals surface area contributed by atoms with Crippen LogP contribution in [0.4, 0.5) is 0 Å². The molecule has 1 amide bonds. The molecule has 4 nitrogen and oxygen atoms in total. The molecule has 2 saturated heterocycles. The SMILES string of the molecule is O=C1C(NC2CC2)CCN1C1CCS(=O)CC1. The Hall–Kier alpha value is -0.420. The molecular weight excluding hydrogens is 236 g/mol.